The first-order chi connectivity index (χ1) is 12.0. The Morgan fingerprint density at radius 3 is 2.44 bits per heavy atom. The number of carbonyl (C=O) groups is 2. The number of halogens is 2. The second-order valence-corrected chi connectivity index (χ2v) is 4.88. The van der Waals surface area contributed by atoms with Gasteiger partial charge in [0.05, 0.1) is 19.2 Å². The van der Waals surface area contributed by atoms with Crippen molar-refractivity contribution in [2.24, 2.45) is 0 Å². The van der Waals surface area contributed by atoms with Crippen LogP contribution in [0.3, 0.4) is 0 Å². The van der Waals surface area contributed by atoms with Crippen LogP contribution in [0.4, 0.5) is 20.2 Å². The van der Waals surface area contributed by atoms with E-state index in [2.05, 4.69) is 20.1 Å². The zero-order valence-corrected chi connectivity index (χ0v) is 13.3. The van der Waals surface area contributed by atoms with Crippen LogP contribution in [0.2, 0.25) is 0 Å². The molecule has 0 saturated carbocycles. The summed E-state index contributed by atoms with van der Waals surface area (Å²) in [6, 6.07) is 12.1. The molecule has 0 spiro atoms. The minimum atomic E-state index is -2.90. The molecule has 0 unspecified atom stereocenters. The van der Waals surface area contributed by atoms with Gasteiger partial charge in [-0.1, -0.05) is 6.07 Å². The van der Waals surface area contributed by atoms with Crippen molar-refractivity contribution in [3.8, 4) is 5.75 Å². The van der Waals surface area contributed by atoms with E-state index >= 15 is 0 Å². The van der Waals surface area contributed by atoms with Crippen LogP contribution in [0, 0.1) is 0 Å². The molecule has 0 fully saturated rings. The molecule has 0 aliphatic heterocycles. The van der Waals surface area contributed by atoms with Crippen molar-refractivity contribution >= 4 is 23.3 Å². The highest BCUT2D eigenvalue weighted by molar-refractivity contribution is 5.94. The molecule has 2 aromatic carbocycles. The number of alkyl halides is 2. The van der Waals surface area contributed by atoms with Crippen LogP contribution < -0.4 is 15.4 Å². The lowest BCUT2D eigenvalue weighted by Gasteiger charge is -2.09. The number of hydrogen-bond acceptors (Lipinski definition) is 5. The first kappa shape index (κ1) is 18.2. The maximum absolute atomic E-state index is 12.1. The quantitative estimate of drug-likeness (QED) is 0.751. The Labute approximate surface area is 142 Å². The average Bonchev–Trinajstić information content (AvgIpc) is 2.61. The van der Waals surface area contributed by atoms with Crippen molar-refractivity contribution in [1.82, 2.24) is 0 Å². The molecule has 0 atom stereocenters. The lowest BCUT2D eigenvalue weighted by atomic mass is 10.2. The molecular weight excluding hydrogens is 334 g/mol. The Kier molecular flexibility index (Phi) is 6.27. The maximum Gasteiger partial charge on any atom is 0.387 e. The van der Waals surface area contributed by atoms with Gasteiger partial charge in [-0.25, -0.2) is 4.79 Å². The van der Waals surface area contributed by atoms with E-state index < -0.39 is 12.6 Å². The Morgan fingerprint density at radius 2 is 1.80 bits per heavy atom. The smallest absolute Gasteiger partial charge is 0.387 e. The van der Waals surface area contributed by atoms with Gasteiger partial charge in [0.25, 0.3) is 0 Å². The molecule has 0 aromatic heterocycles. The summed E-state index contributed by atoms with van der Waals surface area (Å²) in [5.41, 5.74) is 1.39. The molecule has 8 heteroatoms. The van der Waals surface area contributed by atoms with Gasteiger partial charge in [0.1, 0.15) is 5.75 Å². The van der Waals surface area contributed by atoms with Gasteiger partial charge in [0.2, 0.25) is 5.91 Å². The number of esters is 1. The summed E-state index contributed by atoms with van der Waals surface area (Å²) in [6.45, 7) is -2.94. The minimum Gasteiger partial charge on any atom is -0.465 e. The summed E-state index contributed by atoms with van der Waals surface area (Å²) in [7, 11) is 1.29. The van der Waals surface area contributed by atoms with Crippen LogP contribution >= 0.6 is 0 Å². The molecule has 6 nitrogen and oxygen atoms in total. The average molecular weight is 350 g/mol. The molecule has 0 saturated heterocycles. The summed E-state index contributed by atoms with van der Waals surface area (Å²) >= 11 is 0. The third-order valence-corrected chi connectivity index (χ3v) is 3.10. The molecule has 1 amide bonds. The largest absolute Gasteiger partial charge is 0.465 e. The van der Waals surface area contributed by atoms with Gasteiger partial charge in [0.15, 0.2) is 0 Å². The molecule has 0 heterocycles. The molecule has 2 rings (SSSR count). The second kappa shape index (κ2) is 8.62. The molecule has 0 aliphatic rings. The summed E-state index contributed by atoms with van der Waals surface area (Å²) in [5.74, 6) is -0.809. The minimum absolute atomic E-state index is 0.00532. The van der Waals surface area contributed by atoms with E-state index in [-0.39, 0.29) is 18.2 Å². The van der Waals surface area contributed by atoms with Crippen molar-refractivity contribution < 1.29 is 27.8 Å². The maximum atomic E-state index is 12.1. The highest BCUT2D eigenvalue weighted by Gasteiger charge is 2.08. The van der Waals surface area contributed by atoms with Crippen molar-refractivity contribution in [3.63, 3.8) is 0 Å². The molecule has 2 aromatic rings. The van der Waals surface area contributed by atoms with E-state index in [1.807, 2.05) is 0 Å². The first-order valence-corrected chi connectivity index (χ1v) is 7.25. The van der Waals surface area contributed by atoms with Crippen LogP contribution in [0.25, 0.3) is 0 Å². The molecule has 0 bridgehead atoms. The number of rotatable bonds is 7. The number of amides is 1. The molecule has 0 radical (unpaired) electrons. The SMILES string of the molecule is COC(=O)c1cccc(NCC(=O)Nc2ccc(OC(F)F)cc2)c1. The first-order valence-electron chi connectivity index (χ1n) is 7.25. The lowest BCUT2D eigenvalue weighted by Crippen LogP contribution is -2.21. The van der Waals surface area contributed by atoms with Gasteiger partial charge >= 0.3 is 12.6 Å². The third kappa shape index (κ3) is 5.76. The van der Waals surface area contributed by atoms with Gasteiger partial charge in [-0.15, -0.1) is 0 Å². The molecule has 132 valence electrons. The van der Waals surface area contributed by atoms with Crippen LogP contribution in [0.15, 0.2) is 48.5 Å². The molecule has 25 heavy (non-hydrogen) atoms. The number of nitrogens with one attached hydrogen (secondary N) is 2. The summed E-state index contributed by atoms with van der Waals surface area (Å²) in [6.07, 6.45) is 0. The van der Waals surface area contributed by atoms with Crippen molar-refractivity contribution in [3.05, 3.63) is 54.1 Å². The van der Waals surface area contributed by atoms with Crippen LogP contribution in [0.5, 0.6) is 5.75 Å². The molecule has 0 aliphatic carbocycles. The van der Waals surface area contributed by atoms with E-state index in [9.17, 15) is 18.4 Å². The second-order valence-electron chi connectivity index (χ2n) is 4.88. The monoisotopic (exact) mass is 350 g/mol. The van der Waals surface area contributed by atoms with E-state index in [0.29, 0.717) is 16.9 Å². The van der Waals surface area contributed by atoms with Gasteiger partial charge in [-0.05, 0) is 42.5 Å². The van der Waals surface area contributed by atoms with Crippen LogP contribution in [-0.4, -0.2) is 32.1 Å². The Balaban J connectivity index is 1.87. The van der Waals surface area contributed by atoms with E-state index in [0.717, 1.165) is 0 Å². The number of benzene rings is 2. The summed E-state index contributed by atoms with van der Waals surface area (Å²) < 4.78 is 33.0. The van der Waals surface area contributed by atoms with Crippen molar-refractivity contribution in [2.75, 3.05) is 24.3 Å². The Hall–Kier alpha value is -3.16. The van der Waals surface area contributed by atoms with E-state index in [4.69, 9.17) is 0 Å². The number of ether oxygens (including phenoxy) is 2. The number of methoxy groups -OCH3 is 1. The van der Waals surface area contributed by atoms with Gasteiger partial charge in [-0.2, -0.15) is 8.78 Å². The zero-order chi connectivity index (χ0) is 18.2. The molecular formula is C17H16F2N2O4. The fourth-order valence-electron chi connectivity index (χ4n) is 1.98. The third-order valence-electron chi connectivity index (χ3n) is 3.10. The lowest BCUT2D eigenvalue weighted by molar-refractivity contribution is -0.114. The standard InChI is InChI=1S/C17H16F2N2O4/c1-24-16(23)11-3-2-4-13(9-11)20-10-15(22)21-12-5-7-14(8-6-12)25-17(18)19/h2-9,17,20H,10H2,1H3,(H,21,22). The predicted octanol–water partition coefficient (Wildman–Crippen LogP) is 3.13. The normalized spacial score (nSPS) is 10.2. The van der Waals surface area contributed by atoms with Crippen molar-refractivity contribution in [1.29, 1.82) is 0 Å². The fourth-order valence-corrected chi connectivity index (χ4v) is 1.98. The summed E-state index contributed by atoms with van der Waals surface area (Å²) in [5, 5.41) is 5.48. The van der Waals surface area contributed by atoms with Gasteiger partial charge in [0, 0.05) is 11.4 Å². The van der Waals surface area contributed by atoms with Crippen LogP contribution in [-0.2, 0) is 9.53 Å². The van der Waals surface area contributed by atoms with E-state index in [1.54, 1.807) is 24.3 Å². The van der Waals surface area contributed by atoms with Gasteiger partial charge in [-0.3, -0.25) is 4.79 Å². The predicted molar refractivity (Wildman–Crippen MR) is 88.0 cm³/mol. The highest BCUT2D eigenvalue weighted by atomic mass is 19.3. The highest BCUT2D eigenvalue weighted by Crippen LogP contribution is 2.17. The number of hydrogen-bond donors (Lipinski definition) is 2. The van der Waals surface area contributed by atoms with Gasteiger partial charge < -0.3 is 20.1 Å². The summed E-state index contributed by atoms with van der Waals surface area (Å²) in [4.78, 5) is 23.4. The topological polar surface area (TPSA) is 76.7 Å². The fraction of sp³-hybridized carbons (Fsp3) is 0.176. The number of anilines is 2. The van der Waals surface area contributed by atoms with Crippen molar-refractivity contribution in [2.45, 2.75) is 6.61 Å². The van der Waals surface area contributed by atoms with Crippen LogP contribution in [0.1, 0.15) is 10.4 Å². The molecule has 2 N–H and O–H groups in total. The zero-order valence-electron chi connectivity index (χ0n) is 13.3. The Bertz CT molecular complexity index is 736. The van der Waals surface area contributed by atoms with E-state index in [1.165, 1.54) is 31.4 Å². The number of carbonyl (C=O) groups excluding carboxylic acids is 2. The Morgan fingerprint density at radius 1 is 1.08 bits per heavy atom.